The van der Waals surface area contributed by atoms with Crippen LogP contribution in [0.2, 0.25) is 0 Å². The van der Waals surface area contributed by atoms with Crippen molar-refractivity contribution in [2.75, 3.05) is 0 Å². The largest absolute Gasteiger partial charge is 0.484 e. The van der Waals surface area contributed by atoms with Gasteiger partial charge >= 0.3 is 0 Å². The Morgan fingerprint density at radius 3 is 2.76 bits per heavy atom. The molecule has 1 saturated carbocycles. The average molecular weight is 287 g/mol. The van der Waals surface area contributed by atoms with Crippen molar-refractivity contribution in [1.29, 1.82) is 0 Å². The maximum Gasteiger partial charge on any atom is 0.171 e. The van der Waals surface area contributed by atoms with E-state index in [1.165, 1.54) is 0 Å². The van der Waals surface area contributed by atoms with Crippen LogP contribution in [0, 0.1) is 6.92 Å². The van der Waals surface area contributed by atoms with E-state index in [0.29, 0.717) is 18.6 Å². The topological polar surface area (TPSA) is 78.8 Å². The standard InChI is InChI=1S/C15H21N5O/c1-3-20-14(9-21-13-5-4-10(2)17-8-13)18-19-15(20)11-6-12(16)7-11/h4-5,8,11-12H,3,6-7,9,16H2,1-2H3. The molecule has 3 rings (SSSR count). The number of hydrogen-bond donors (Lipinski definition) is 1. The molecule has 1 aliphatic carbocycles. The molecule has 0 radical (unpaired) electrons. The Balaban J connectivity index is 1.69. The summed E-state index contributed by atoms with van der Waals surface area (Å²) in [6.45, 7) is 5.30. The van der Waals surface area contributed by atoms with E-state index < -0.39 is 0 Å². The van der Waals surface area contributed by atoms with Crippen molar-refractivity contribution in [2.45, 2.75) is 51.8 Å². The van der Waals surface area contributed by atoms with Crippen LogP contribution < -0.4 is 10.5 Å². The fraction of sp³-hybridized carbons (Fsp3) is 0.533. The van der Waals surface area contributed by atoms with Gasteiger partial charge in [0, 0.05) is 24.2 Å². The Labute approximate surface area is 124 Å². The Bertz CT molecular complexity index is 601. The van der Waals surface area contributed by atoms with Gasteiger partial charge in [0.25, 0.3) is 0 Å². The highest BCUT2D eigenvalue weighted by Crippen LogP contribution is 2.34. The van der Waals surface area contributed by atoms with E-state index in [1.807, 2.05) is 19.1 Å². The molecule has 0 saturated heterocycles. The van der Waals surface area contributed by atoms with Gasteiger partial charge in [-0.1, -0.05) is 0 Å². The van der Waals surface area contributed by atoms with Crippen LogP contribution in [0.25, 0.3) is 0 Å². The summed E-state index contributed by atoms with van der Waals surface area (Å²) in [7, 11) is 0. The van der Waals surface area contributed by atoms with Crippen molar-refractivity contribution in [3.05, 3.63) is 35.7 Å². The molecule has 2 N–H and O–H groups in total. The van der Waals surface area contributed by atoms with Crippen molar-refractivity contribution in [2.24, 2.45) is 5.73 Å². The number of nitrogens with two attached hydrogens (primary N) is 1. The number of nitrogens with zero attached hydrogens (tertiary/aromatic N) is 4. The monoisotopic (exact) mass is 287 g/mol. The molecule has 0 unspecified atom stereocenters. The summed E-state index contributed by atoms with van der Waals surface area (Å²) in [5.41, 5.74) is 6.84. The van der Waals surface area contributed by atoms with Crippen molar-refractivity contribution < 1.29 is 4.74 Å². The summed E-state index contributed by atoms with van der Waals surface area (Å²) in [5.74, 6) is 3.09. The normalized spacial score (nSPS) is 21.1. The Morgan fingerprint density at radius 1 is 1.33 bits per heavy atom. The van der Waals surface area contributed by atoms with Crippen LogP contribution in [0.4, 0.5) is 0 Å². The number of hydrogen-bond acceptors (Lipinski definition) is 5. The molecular formula is C15H21N5O. The molecule has 2 aromatic heterocycles. The summed E-state index contributed by atoms with van der Waals surface area (Å²) >= 11 is 0. The minimum Gasteiger partial charge on any atom is -0.484 e. The summed E-state index contributed by atoms with van der Waals surface area (Å²) in [4.78, 5) is 4.22. The van der Waals surface area contributed by atoms with Crippen molar-refractivity contribution in [3.8, 4) is 5.75 Å². The van der Waals surface area contributed by atoms with Gasteiger partial charge in [0.1, 0.15) is 18.2 Å². The summed E-state index contributed by atoms with van der Waals surface area (Å²) in [5, 5.41) is 8.61. The summed E-state index contributed by atoms with van der Waals surface area (Å²) in [6.07, 6.45) is 3.73. The highest BCUT2D eigenvalue weighted by molar-refractivity contribution is 5.19. The minimum absolute atomic E-state index is 0.315. The lowest BCUT2D eigenvalue weighted by Gasteiger charge is -2.31. The van der Waals surface area contributed by atoms with Crippen molar-refractivity contribution >= 4 is 0 Å². The van der Waals surface area contributed by atoms with Gasteiger partial charge in [0.05, 0.1) is 6.20 Å². The van der Waals surface area contributed by atoms with E-state index in [2.05, 4.69) is 26.7 Å². The first kappa shape index (κ1) is 14.0. The maximum atomic E-state index is 5.86. The molecule has 0 amide bonds. The molecule has 6 nitrogen and oxygen atoms in total. The molecule has 21 heavy (non-hydrogen) atoms. The second-order valence-electron chi connectivity index (χ2n) is 5.57. The molecular weight excluding hydrogens is 266 g/mol. The first-order valence-corrected chi connectivity index (χ1v) is 7.40. The third-order valence-electron chi connectivity index (χ3n) is 3.96. The average Bonchev–Trinajstić information content (AvgIpc) is 2.86. The zero-order valence-electron chi connectivity index (χ0n) is 12.5. The third-order valence-corrected chi connectivity index (χ3v) is 3.96. The van der Waals surface area contributed by atoms with Crippen LogP contribution in [0.3, 0.4) is 0 Å². The molecule has 0 spiro atoms. The molecule has 6 heteroatoms. The highest BCUT2D eigenvalue weighted by Gasteiger charge is 2.31. The predicted molar refractivity (Wildman–Crippen MR) is 79.0 cm³/mol. The van der Waals surface area contributed by atoms with Crippen LogP contribution >= 0.6 is 0 Å². The zero-order chi connectivity index (χ0) is 14.8. The van der Waals surface area contributed by atoms with Crippen LogP contribution in [0.1, 0.15) is 43.0 Å². The Kier molecular flexibility index (Phi) is 3.88. The summed E-state index contributed by atoms with van der Waals surface area (Å²) in [6, 6.07) is 4.16. The van der Waals surface area contributed by atoms with Gasteiger partial charge in [-0.2, -0.15) is 0 Å². The van der Waals surface area contributed by atoms with Gasteiger partial charge in [-0.3, -0.25) is 4.98 Å². The molecule has 0 aliphatic heterocycles. The fourth-order valence-corrected chi connectivity index (χ4v) is 2.66. The van der Waals surface area contributed by atoms with E-state index >= 15 is 0 Å². The second-order valence-corrected chi connectivity index (χ2v) is 5.57. The number of aryl methyl sites for hydroxylation is 1. The van der Waals surface area contributed by atoms with Crippen LogP contribution in [-0.4, -0.2) is 25.8 Å². The van der Waals surface area contributed by atoms with E-state index in [-0.39, 0.29) is 0 Å². The number of aromatic nitrogens is 4. The van der Waals surface area contributed by atoms with Crippen molar-refractivity contribution in [1.82, 2.24) is 19.7 Å². The van der Waals surface area contributed by atoms with E-state index in [0.717, 1.165) is 42.5 Å². The van der Waals surface area contributed by atoms with Gasteiger partial charge in [0.2, 0.25) is 0 Å². The Hall–Kier alpha value is -1.95. The zero-order valence-corrected chi connectivity index (χ0v) is 12.5. The third kappa shape index (κ3) is 2.90. The molecule has 1 aliphatic rings. The van der Waals surface area contributed by atoms with Crippen LogP contribution in [-0.2, 0) is 13.2 Å². The molecule has 1 fully saturated rings. The van der Waals surface area contributed by atoms with Gasteiger partial charge < -0.3 is 15.0 Å². The number of pyridine rings is 1. The van der Waals surface area contributed by atoms with Crippen LogP contribution in [0.15, 0.2) is 18.3 Å². The molecule has 0 atom stereocenters. The lowest BCUT2D eigenvalue weighted by atomic mass is 9.80. The predicted octanol–water partition coefficient (Wildman–Crippen LogP) is 1.79. The fourth-order valence-electron chi connectivity index (χ4n) is 2.66. The smallest absolute Gasteiger partial charge is 0.171 e. The van der Waals surface area contributed by atoms with Crippen molar-refractivity contribution in [3.63, 3.8) is 0 Å². The molecule has 0 aromatic carbocycles. The van der Waals surface area contributed by atoms with Gasteiger partial charge in [-0.15, -0.1) is 10.2 Å². The lowest BCUT2D eigenvalue weighted by molar-refractivity contribution is 0.284. The summed E-state index contributed by atoms with van der Waals surface area (Å²) < 4.78 is 7.88. The first-order chi connectivity index (χ1) is 10.2. The maximum absolute atomic E-state index is 5.86. The van der Waals surface area contributed by atoms with Gasteiger partial charge in [-0.05, 0) is 38.8 Å². The number of ether oxygens (including phenoxy) is 1. The molecule has 0 bridgehead atoms. The van der Waals surface area contributed by atoms with Gasteiger partial charge in [-0.25, -0.2) is 0 Å². The minimum atomic E-state index is 0.315. The van der Waals surface area contributed by atoms with E-state index in [4.69, 9.17) is 10.5 Å². The van der Waals surface area contributed by atoms with Crippen LogP contribution in [0.5, 0.6) is 5.75 Å². The van der Waals surface area contributed by atoms with E-state index in [1.54, 1.807) is 6.20 Å². The quantitative estimate of drug-likeness (QED) is 0.907. The molecule has 2 heterocycles. The molecule has 2 aromatic rings. The highest BCUT2D eigenvalue weighted by atomic mass is 16.5. The Morgan fingerprint density at radius 2 is 2.14 bits per heavy atom. The van der Waals surface area contributed by atoms with Gasteiger partial charge in [0.15, 0.2) is 5.82 Å². The van der Waals surface area contributed by atoms with E-state index in [9.17, 15) is 0 Å². The lowest BCUT2D eigenvalue weighted by Crippen LogP contribution is -2.36. The molecule has 112 valence electrons. The number of rotatable bonds is 5. The SMILES string of the molecule is CCn1c(COc2ccc(C)nc2)nnc1C1CC(N)C1. The second kappa shape index (κ2) is 5.81. The first-order valence-electron chi connectivity index (χ1n) is 7.40.